The van der Waals surface area contributed by atoms with Gasteiger partial charge in [-0.25, -0.2) is 18.3 Å². The number of alkyl halides is 3. The summed E-state index contributed by atoms with van der Waals surface area (Å²) >= 11 is 0. The van der Waals surface area contributed by atoms with E-state index in [2.05, 4.69) is 9.84 Å². The van der Waals surface area contributed by atoms with Crippen LogP contribution in [0.5, 0.6) is 0 Å². The number of esters is 1. The number of nitrogens with zero attached hydrogens (tertiary/aromatic N) is 3. The Morgan fingerprint density at radius 3 is 2.29 bits per heavy atom. The fourth-order valence-corrected chi connectivity index (χ4v) is 4.57. The molecule has 8 nitrogen and oxygen atoms in total. The maximum Gasteiger partial charge on any atom is 0.491 e. The van der Waals surface area contributed by atoms with E-state index in [4.69, 9.17) is 5.73 Å². The first-order valence-corrected chi connectivity index (χ1v) is 13.1. The maximum absolute atomic E-state index is 14.8. The van der Waals surface area contributed by atoms with Crippen LogP contribution in [0, 0.1) is 17.0 Å². The molecule has 42 heavy (non-hydrogen) atoms. The molecule has 0 aliphatic carbocycles. The molecule has 1 aromatic heterocycles. The Balaban J connectivity index is 2.22. The quantitative estimate of drug-likeness (QED) is 0.197. The smallest absolute Gasteiger partial charge is 0.417 e. The lowest BCUT2D eigenvalue weighted by atomic mass is 9.81. The Bertz CT molecular complexity index is 1400. The number of hydrogen-bond donors (Lipinski definition) is 2. The molecular formula is C29H33F5N4O4. The van der Waals surface area contributed by atoms with Crippen LogP contribution in [0.4, 0.5) is 22.0 Å². The van der Waals surface area contributed by atoms with Gasteiger partial charge in [-0.2, -0.15) is 18.3 Å². The fourth-order valence-electron chi connectivity index (χ4n) is 4.57. The minimum absolute atomic E-state index is 0.0743. The Kier molecular flexibility index (Phi) is 9.78. The van der Waals surface area contributed by atoms with Crippen LogP contribution in [-0.4, -0.2) is 56.7 Å². The van der Waals surface area contributed by atoms with Crippen LogP contribution in [0.3, 0.4) is 0 Å². The fraction of sp³-hybridized carbons (Fsp3) is 0.414. The average Bonchev–Trinajstić information content (AvgIpc) is 3.28. The number of hydrogen-bond acceptors (Lipinski definition) is 6. The number of benzene rings is 2. The van der Waals surface area contributed by atoms with Crippen LogP contribution in [0.1, 0.15) is 57.0 Å². The molecule has 0 spiro atoms. The molecule has 2 aromatic carbocycles. The van der Waals surface area contributed by atoms with Crippen molar-refractivity contribution in [2.45, 2.75) is 58.5 Å². The summed E-state index contributed by atoms with van der Waals surface area (Å²) < 4.78 is 73.1. The molecule has 3 aromatic rings. The number of carbonyl (C=O) groups excluding carboxylic acids is 2. The predicted molar refractivity (Wildman–Crippen MR) is 143 cm³/mol. The zero-order chi connectivity index (χ0) is 31.5. The molecule has 13 heteroatoms. The van der Waals surface area contributed by atoms with Gasteiger partial charge in [0.2, 0.25) is 0 Å². The zero-order valence-electron chi connectivity index (χ0n) is 23.6. The van der Waals surface area contributed by atoms with Crippen molar-refractivity contribution in [3.8, 4) is 5.69 Å². The van der Waals surface area contributed by atoms with E-state index in [1.54, 1.807) is 32.9 Å². The number of carbonyl (C=O) groups is 2. The van der Waals surface area contributed by atoms with Crippen molar-refractivity contribution >= 4 is 11.9 Å². The molecule has 0 bridgehead atoms. The van der Waals surface area contributed by atoms with E-state index in [9.17, 15) is 36.6 Å². The number of aliphatic hydroxyl groups is 1. The first kappa shape index (κ1) is 32.7. The molecule has 0 aliphatic rings. The Morgan fingerprint density at radius 2 is 1.71 bits per heavy atom. The third-order valence-electron chi connectivity index (χ3n) is 6.39. The standard InChI is InChI=1S/C29H33F5N4O4/c1-27(2,3)24(37(14-8-13-35)25(39)28(4,41)42-26(40)29(32,33)34)23-19(15-18-9-6-5-7-10-18)17-38(36-23)22-16-20(30)11-12-21(22)31/h5-7,9-12,16-17,24,41H,8,13-15,35H2,1-4H3/t24-,28-/m0/s1. The minimum Gasteiger partial charge on any atom is -0.417 e. The predicted octanol–water partition coefficient (Wildman–Crippen LogP) is 4.82. The van der Waals surface area contributed by atoms with Gasteiger partial charge in [0.25, 0.3) is 11.7 Å². The third kappa shape index (κ3) is 7.71. The van der Waals surface area contributed by atoms with Gasteiger partial charge in [0.15, 0.2) is 0 Å². The number of rotatable bonds is 10. The number of amides is 1. The Hall–Kier alpha value is -3.84. The van der Waals surface area contributed by atoms with Gasteiger partial charge in [-0.1, -0.05) is 51.1 Å². The second-order valence-electron chi connectivity index (χ2n) is 11.0. The van der Waals surface area contributed by atoms with E-state index in [1.807, 2.05) is 18.2 Å². The van der Waals surface area contributed by atoms with Gasteiger partial charge in [0, 0.05) is 37.7 Å². The van der Waals surface area contributed by atoms with E-state index in [0.29, 0.717) is 12.5 Å². The van der Waals surface area contributed by atoms with Gasteiger partial charge in [-0.15, -0.1) is 0 Å². The molecule has 228 valence electrons. The zero-order valence-corrected chi connectivity index (χ0v) is 23.6. The van der Waals surface area contributed by atoms with E-state index in [-0.39, 0.29) is 37.3 Å². The van der Waals surface area contributed by atoms with Crippen LogP contribution in [0.2, 0.25) is 0 Å². The van der Waals surface area contributed by atoms with E-state index in [1.165, 1.54) is 6.20 Å². The van der Waals surface area contributed by atoms with E-state index >= 15 is 0 Å². The lowest BCUT2D eigenvalue weighted by Crippen LogP contribution is -2.54. The Labute approximate surface area is 239 Å². The van der Waals surface area contributed by atoms with Gasteiger partial charge >= 0.3 is 12.1 Å². The topological polar surface area (TPSA) is 111 Å². The van der Waals surface area contributed by atoms with E-state index < -0.39 is 46.9 Å². The number of nitrogens with two attached hydrogens (primary N) is 1. The monoisotopic (exact) mass is 596 g/mol. The van der Waals surface area contributed by atoms with Gasteiger partial charge in [-0.3, -0.25) is 4.79 Å². The first-order chi connectivity index (χ1) is 19.5. The summed E-state index contributed by atoms with van der Waals surface area (Å²) in [7, 11) is 0. The number of aromatic nitrogens is 2. The molecule has 0 fully saturated rings. The molecular weight excluding hydrogens is 563 g/mol. The minimum atomic E-state index is -5.47. The highest BCUT2D eigenvalue weighted by molar-refractivity contribution is 5.87. The summed E-state index contributed by atoms with van der Waals surface area (Å²) in [5, 5.41) is 15.3. The van der Waals surface area contributed by atoms with Crippen LogP contribution in [0.25, 0.3) is 5.69 Å². The lowest BCUT2D eigenvalue weighted by molar-refractivity contribution is -0.244. The summed E-state index contributed by atoms with van der Waals surface area (Å²) in [6.07, 6.45) is -3.59. The molecule has 0 aliphatic heterocycles. The highest BCUT2D eigenvalue weighted by Gasteiger charge is 2.50. The number of halogens is 5. The SMILES string of the molecule is CC(C)(C)[C@H](c1nn(-c2cc(F)ccc2F)cc1Cc1ccccc1)N(CCCN)C(=O)[C@@](C)(O)OC(=O)C(F)(F)F. The van der Waals surface area contributed by atoms with Crippen molar-refractivity contribution < 1.29 is 41.4 Å². The molecule has 3 rings (SSSR count). The summed E-state index contributed by atoms with van der Waals surface area (Å²) in [6, 6.07) is 10.8. The molecule has 1 amide bonds. The van der Waals surface area contributed by atoms with Crippen molar-refractivity contribution in [3.63, 3.8) is 0 Å². The Morgan fingerprint density at radius 1 is 1.07 bits per heavy atom. The van der Waals surface area contributed by atoms with Crippen molar-refractivity contribution in [2.24, 2.45) is 11.1 Å². The van der Waals surface area contributed by atoms with Crippen molar-refractivity contribution in [1.82, 2.24) is 14.7 Å². The van der Waals surface area contributed by atoms with Gasteiger partial charge < -0.3 is 20.5 Å². The molecule has 0 saturated carbocycles. The number of ether oxygens (including phenoxy) is 1. The summed E-state index contributed by atoms with van der Waals surface area (Å²) in [5.74, 6) is -8.79. The van der Waals surface area contributed by atoms with Crippen LogP contribution < -0.4 is 5.73 Å². The third-order valence-corrected chi connectivity index (χ3v) is 6.39. The molecule has 2 atom stereocenters. The molecule has 0 unspecified atom stereocenters. The molecule has 0 saturated heterocycles. The second kappa shape index (κ2) is 12.6. The largest absolute Gasteiger partial charge is 0.491 e. The van der Waals surface area contributed by atoms with Crippen molar-refractivity contribution in [1.29, 1.82) is 0 Å². The first-order valence-electron chi connectivity index (χ1n) is 13.1. The van der Waals surface area contributed by atoms with Crippen molar-refractivity contribution in [3.05, 3.63) is 83.2 Å². The van der Waals surface area contributed by atoms with Gasteiger partial charge in [0.05, 0.1) is 11.7 Å². The summed E-state index contributed by atoms with van der Waals surface area (Å²) in [5.41, 5.74) is 6.08. The van der Waals surface area contributed by atoms with Crippen LogP contribution >= 0.6 is 0 Å². The molecule has 3 N–H and O–H groups in total. The summed E-state index contributed by atoms with van der Waals surface area (Å²) in [4.78, 5) is 26.3. The van der Waals surface area contributed by atoms with Gasteiger partial charge in [0.1, 0.15) is 17.3 Å². The lowest BCUT2D eigenvalue weighted by Gasteiger charge is -2.42. The molecule has 0 radical (unpaired) electrons. The van der Waals surface area contributed by atoms with E-state index in [0.717, 1.165) is 33.3 Å². The van der Waals surface area contributed by atoms with Crippen molar-refractivity contribution in [2.75, 3.05) is 13.1 Å². The maximum atomic E-state index is 14.8. The highest BCUT2D eigenvalue weighted by Crippen LogP contribution is 2.41. The normalized spacial score (nSPS) is 14.3. The highest BCUT2D eigenvalue weighted by atomic mass is 19.4. The second-order valence-corrected chi connectivity index (χ2v) is 11.0. The van der Waals surface area contributed by atoms with Gasteiger partial charge in [-0.05, 0) is 36.1 Å². The van der Waals surface area contributed by atoms with Crippen LogP contribution in [0.15, 0.2) is 54.7 Å². The summed E-state index contributed by atoms with van der Waals surface area (Å²) in [6.45, 7) is 5.73. The molecule has 1 heterocycles. The average molecular weight is 597 g/mol. The van der Waals surface area contributed by atoms with Crippen LogP contribution in [-0.2, 0) is 20.7 Å².